The van der Waals surface area contributed by atoms with Crippen LogP contribution in [0.3, 0.4) is 0 Å². The number of nitrogens with zero attached hydrogens (tertiary/aromatic N) is 3. The van der Waals surface area contributed by atoms with E-state index in [0.29, 0.717) is 11.8 Å². The number of nitrogens with one attached hydrogen (secondary N) is 1. The summed E-state index contributed by atoms with van der Waals surface area (Å²) < 4.78 is 7.45. The summed E-state index contributed by atoms with van der Waals surface area (Å²) >= 11 is 0. The standard InChI is InChI=1S/C14H20N4O/c1-4-6-15-10-12-5-7-16-13(9-12)19-14-8-11(2)17-18(14)3/h5,7-9,15H,4,6,10H2,1-3H3. The van der Waals surface area contributed by atoms with E-state index < -0.39 is 0 Å². The highest BCUT2D eigenvalue weighted by molar-refractivity contribution is 5.25. The highest BCUT2D eigenvalue weighted by atomic mass is 16.5. The molecule has 2 rings (SSSR count). The lowest BCUT2D eigenvalue weighted by molar-refractivity contribution is 0.414. The van der Waals surface area contributed by atoms with E-state index in [0.717, 1.165) is 30.8 Å². The molecule has 0 bridgehead atoms. The first kappa shape index (κ1) is 13.5. The van der Waals surface area contributed by atoms with E-state index in [1.165, 1.54) is 0 Å². The van der Waals surface area contributed by atoms with Crippen molar-refractivity contribution in [2.45, 2.75) is 26.8 Å². The fourth-order valence-electron chi connectivity index (χ4n) is 1.82. The minimum Gasteiger partial charge on any atom is -0.421 e. The number of aromatic nitrogens is 3. The van der Waals surface area contributed by atoms with Gasteiger partial charge in [0.2, 0.25) is 11.8 Å². The Hall–Kier alpha value is -1.88. The molecule has 0 aliphatic heterocycles. The average Bonchev–Trinajstić information content (AvgIpc) is 2.69. The number of pyridine rings is 1. The van der Waals surface area contributed by atoms with Gasteiger partial charge in [0.15, 0.2) is 0 Å². The predicted octanol–water partition coefficient (Wildman–Crippen LogP) is 2.42. The normalized spacial score (nSPS) is 10.7. The first-order valence-electron chi connectivity index (χ1n) is 6.53. The van der Waals surface area contributed by atoms with Crippen molar-refractivity contribution in [3.8, 4) is 11.8 Å². The van der Waals surface area contributed by atoms with Gasteiger partial charge in [-0.15, -0.1) is 0 Å². The Balaban J connectivity index is 2.04. The monoisotopic (exact) mass is 260 g/mol. The van der Waals surface area contributed by atoms with Crippen molar-refractivity contribution in [2.75, 3.05) is 6.54 Å². The molecule has 5 nitrogen and oxygen atoms in total. The van der Waals surface area contributed by atoms with Crippen LogP contribution in [-0.4, -0.2) is 21.3 Å². The van der Waals surface area contributed by atoms with E-state index in [-0.39, 0.29) is 0 Å². The van der Waals surface area contributed by atoms with Crippen molar-refractivity contribution in [1.82, 2.24) is 20.1 Å². The van der Waals surface area contributed by atoms with E-state index in [9.17, 15) is 0 Å². The molecule has 0 unspecified atom stereocenters. The van der Waals surface area contributed by atoms with E-state index in [1.807, 2.05) is 32.2 Å². The molecule has 2 aromatic rings. The van der Waals surface area contributed by atoms with Crippen LogP contribution in [0.25, 0.3) is 0 Å². The number of ether oxygens (including phenoxy) is 1. The van der Waals surface area contributed by atoms with Gasteiger partial charge in [0.05, 0.1) is 5.69 Å². The molecule has 0 saturated carbocycles. The Kier molecular flexibility index (Phi) is 4.52. The molecule has 1 N–H and O–H groups in total. The molecule has 0 fully saturated rings. The molecule has 0 aliphatic rings. The molecular weight excluding hydrogens is 240 g/mol. The van der Waals surface area contributed by atoms with Gasteiger partial charge in [0, 0.05) is 31.9 Å². The number of rotatable bonds is 6. The highest BCUT2D eigenvalue weighted by Crippen LogP contribution is 2.20. The van der Waals surface area contributed by atoms with Gasteiger partial charge >= 0.3 is 0 Å². The maximum absolute atomic E-state index is 5.74. The molecular formula is C14H20N4O. The Morgan fingerprint density at radius 2 is 2.21 bits per heavy atom. The van der Waals surface area contributed by atoms with Gasteiger partial charge in [0.25, 0.3) is 0 Å². The molecule has 19 heavy (non-hydrogen) atoms. The third kappa shape index (κ3) is 3.79. The fourth-order valence-corrected chi connectivity index (χ4v) is 1.82. The van der Waals surface area contributed by atoms with Gasteiger partial charge in [-0.25, -0.2) is 9.67 Å². The second-order valence-corrected chi connectivity index (χ2v) is 4.53. The van der Waals surface area contributed by atoms with Crippen LogP contribution in [0.2, 0.25) is 0 Å². The van der Waals surface area contributed by atoms with Gasteiger partial charge < -0.3 is 10.1 Å². The van der Waals surface area contributed by atoms with Crippen molar-refractivity contribution >= 4 is 0 Å². The summed E-state index contributed by atoms with van der Waals surface area (Å²) in [4.78, 5) is 4.22. The topological polar surface area (TPSA) is 52.0 Å². The summed E-state index contributed by atoms with van der Waals surface area (Å²) in [6.07, 6.45) is 2.89. The Bertz CT molecular complexity index is 536. The van der Waals surface area contributed by atoms with Gasteiger partial charge in [-0.1, -0.05) is 6.92 Å². The Morgan fingerprint density at radius 1 is 1.37 bits per heavy atom. The van der Waals surface area contributed by atoms with Crippen LogP contribution < -0.4 is 10.1 Å². The lowest BCUT2D eigenvalue weighted by Crippen LogP contribution is -2.13. The lowest BCUT2D eigenvalue weighted by atomic mass is 10.2. The summed E-state index contributed by atoms with van der Waals surface area (Å²) in [5, 5.41) is 7.60. The molecule has 2 aromatic heterocycles. The van der Waals surface area contributed by atoms with Crippen LogP contribution >= 0.6 is 0 Å². The summed E-state index contributed by atoms with van der Waals surface area (Å²) in [6, 6.07) is 5.83. The molecule has 0 saturated heterocycles. The molecule has 5 heteroatoms. The quantitative estimate of drug-likeness (QED) is 0.810. The van der Waals surface area contributed by atoms with Gasteiger partial charge in [-0.05, 0) is 31.5 Å². The predicted molar refractivity (Wildman–Crippen MR) is 74.3 cm³/mol. The zero-order chi connectivity index (χ0) is 13.7. The van der Waals surface area contributed by atoms with Crippen LogP contribution in [-0.2, 0) is 13.6 Å². The maximum Gasteiger partial charge on any atom is 0.221 e. The second kappa shape index (κ2) is 6.33. The minimum atomic E-state index is 0.596. The number of hydrogen-bond acceptors (Lipinski definition) is 4. The van der Waals surface area contributed by atoms with Crippen LogP contribution in [0.15, 0.2) is 24.4 Å². The lowest BCUT2D eigenvalue weighted by Gasteiger charge is -2.07. The van der Waals surface area contributed by atoms with Crippen molar-refractivity contribution in [3.63, 3.8) is 0 Å². The Morgan fingerprint density at radius 3 is 2.89 bits per heavy atom. The van der Waals surface area contributed by atoms with Crippen molar-refractivity contribution in [1.29, 1.82) is 0 Å². The zero-order valence-corrected chi connectivity index (χ0v) is 11.7. The molecule has 0 amide bonds. The molecule has 0 radical (unpaired) electrons. The van der Waals surface area contributed by atoms with Crippen LogP contribution in [0.1, 0.15) is 24.6 Å². The summed E-state index contributed by atoms with van der Waals surface area (Å²) in [7, 11) is 1.86. The van der Waals surface area contributed by atoms with Gasteiger partial charge in [0.1, 0.15) is 0 Å². The number of hydrogen-bond donors (Lipinski definition) is 1. The zero-order valence-electron chi connectivity index (χ0n) is 11.7. The summed E-state index contributed by atoms with van der Waals surface area (Å²) in [6.45, 7) is 5.93. The molecule has 0 spiro atoms. The van der Waals surface area contributed by atoms with E-state index in [2.05, 4.69) is 22.3 Å². The fraction of sp³-hybridized carbons (Fsp3) is 0.429. The highest BCUT2D eigenvalue weighted by Gasteiger charge is 2.06. The maximum atomic E-state index is 5.74. The molecule has 102 valence electrons. The first-order chi connectivity index (χ1) is 9.19. The van der Waals surface area contributed by atoms with Crippen LogP contribution in [0, 0.1) is 6.92 Å². The average molecular weight is 260 g/mol. The second-order valence-electron chi connectivity index (χ2n) is 4.53. The molecule has 2 heterocycles. The van der Waals surface area contributed by atoms with E-state index >= 15 is 0 Å². The third-order valence-electron chi connectivity index (χ3n) is 2.72. The van der Waals surface area contributed by atoms with Crippen molar-refractivity contribution in [2.24, 2.45) is 7.05 Å². The van der Waals surface area contributed by atoms with Crippen molar-refractivity contribution in [3.05, 3.63) is 35.7 Å². The van der Waals surface area contributed by atoms with Crippen LogP contribution in [0.4, 0.5) is 0 Å². The van der Waals surface area contributed by atoms with E-state index in [1.54, 1.807) is 10.9 Å². The van der Waals surface area contributed by atoms with Gasteiger partial charge in [-0.3, -0.25) is 0 Å². The van der Waals surface area contributed by atoms with E-state index in [4.69, 9.17) is 4.74 Å². The largest absolute Gasteiger partial charge is 0.421 e. The van der Waals surface area contributed by atoms with Crippen LogP contribution in [0.5, 0.6) is 11.8 Å². The SMILES string of the molecule is CCCNCc1ccnc(Oc2cc(C)nn2C)c1. The summed E-state index contributed by atoms with van der Waals surface area (Å²) in [5.41, 5.74) is 2.09. The third-order valence-corrected chi connectivity index (χ3v) is 2.72. The first-order valence-corrected chi connectivity index (χ1v) is 6.53. The summed E-state index contributed by atoms with van der Waals surface area (Å²) in [5.74, 6) is 1.29. The van der Waals surface area contributed by atoms with Crippen molar-refractivity contribution < 1.29 is 4.74 Å². The molecule has 0 aliphatic carbocycles. The molecule has 0 atom stereocenters. The minimum absolute atomic E-state index is 0.596. The molecule has 0 aromatic carbocycles. The Labute approximate surface area is 113 Å². The number of aryl methyl sites for hydroxylation is 2. The van der Waals surface area contributed by atoms with Gasteiger partial charge in [-0.2, -0.15) is 5.10 Å². The smallest absolute Gasteiger partial charge is 0.221 e.